The molecule has 1 fully saturated rings. The van der Waals surface area contributed by atoms with E-state index in [0.29, 0.717) is 11.4 Å². The second kappa shape index (κ2) is 9.69. The van der Waals surface area contributed by atoms with Crippen molar-refractivity contribution in [2.75, 3.05) is 12.0 Å². The number of halogens is 1. The summed E-state index contributed by atoms with van der Waals surface area (Å²) in [6.07, 6.45) is -0.244. The van der Waals surface area contributed by atoms with E-state index in [0.717, 1.165) is 24.8 Å². The fourth-order valence-electron chi connectivity index (χ4n) is 3.82. The van der Waals surface area contributed by atoms with Gasteiger partial charge in [-0.2, -0.15) is 4.31 Å². The smallest absolute Gasteiger partial charge is 0.252 e. The molecule has 0 N–H and O–H groups in total. The summed E-state index contributed by atoms with van der Waals surface area (Å²) in [6, 6.07) is 18.9. The zero-order valence-electron chi connectivity index (χ0n) is 18.6. The van der Waals surface area contributed by atoms with Crippen molar-refractivity contribution in [1.82, 2.24) is 4.31 Å². The van der Waals surface area contributed by atoms with Crippen molar-refractivity contribution in [3.05, 3.63) is 88.4 Å². The third-order valence-electron chi connectivity index (χ3n) is 5.68. The van der Waals surface area contributed by atoms with Crippen LogP contribution in [0, 0.1) is 6.92 Å². The lowest BCUT2D eigenvalue weighted by Gasteiger charge is -2.27. The summed E-state index contributed by atoms with van der Waals surface area (Å²) in [4.78, 5) is 27.4. The topological polar surface area (TPSA) is 84.0 Å². The molecule has 1 atom stereocenters. The molecule has 2 amide bonds. The van der Waals surface area contributed by atoms with Gasteiger partial charge in [-0.15, -0.1) is 0 Å². The number of amides is 2. The van der Waals surface area contributed by atoms with Crippen LogP contribution < -0.4 is 9.64 Å². The van der Waals surface area contributed by atoms with Gasteiger partial charge in [-0.25, -0.2) is 13.3 Å². The van der Waals surface area contributed by atoms with Gasteiger partial charge in [0.2, 0.25) is 15.9 Å². The third kappa shape index (κ3) is 4.77. The molecular weight excluding hydrogens is 520 g/mol. The standard InChI is InChI=1S/C25H23BrN2O5S/c1-17-3-5-18(6-4-17)16-27(34(31,32)22-13-7-19(26)8-14-22)23-15-24(29)28(25(23)30)20-9-11-21(33-2)12-10-20/h3-14,23H,15-16H2,1-2H3. The number of hydrogen-bond acceptors (Lipinski definition) is 5. The number of carbonyl (C=O) groups is 2. The minimum absolute atomic E-state index is 0.0428. The molecule has 3 aromatic rings. The molecule has 34 heavy (non-hydrogen) atoms. The first-order valence-electron chi connectivity index (χ1n) is 10.5. The molecule has 9 heteroatoms. The summed E-state index contributed by atoms with van der Waals surface area (Å²) in [6.45, 7) is 1.89. The van der Waals surface area contributed by atoms with Crippen molar-refractivity contribution in [3.63, 3.8) is 0 Å². The van der Waals surface area contributed by atoms with Crippen LogP contribution in [0.4, 0.5) is 5.69 Å². The molecule has 3 aromatic carbocycles. The predicted octanol–water partition coefficient (Wildman–Crippen LogP) is 4.29. The van der Waals surface area contributed by atoms with E-state index in [9.17, 15) is 18.0 Å². The van der Waals surface area contributed by atoms with Crippen molar-refractivity contribution in [2.24, 2.45) is 0 Å². The number of methoxy groups -OCH3 is 1. The van der Waals surface area contributed by atoms with Crippen LogP contribution in [0.2, 0.25) is 0 Å². The highest BCUT2D eigenvalue weighted by Crippen LogP contribution is 2.31. The minimum Gasteiger partial charge on any atom is -0.497 e. The van der Waals surface area contributed by atoms with Gasteiger partial charge in [0.15, 0.2) is 0 Å². The van der Waals surface area contributed by atoms with E-state index in [4.69, 9.17) is 4.74 Å². The molecule has 0 radical (unpaired) electrons. The van der Waals surface area contributed by atoms with Crippen molar-refractivity contribution >= 4 is 43.5 Å². The largest absolute Gasteiger partial charge is 0.497 e. The van der Waals surface area contributed by atoms with Crippen LogP contribution in [0.25, 0.3) is 0 Å². The van der Waals surface area contributed by atoms with Gasteiger partial charge in [0.1, 0.15) is 11.8 Å². The fourth-order valence-corrected chi connectivity index (χ4v) is 5.66. The maximum Gasteiger partial charge on any atom is 0.252 e. The number of hydrogen-bond donors (Lipinski definition) is 0. The Kier molecular flexibility index (Phi) is 6.88. The van der Waals surface area contributed by atoms with Crippen LogP contribution in [0.3, 0.4) is 0 Å². The summed E-state index contributed by atoms with van der Waals surface area (Å²) in [5, 5.41) is 0. The lowest BCUT2D eigenvalue weighted by Crippen LogP contribution is -2.45. The van der Waals surface area contributed by atoms with E-state index in [1.807, 2.05) is 31.2 Å². The summed E-state index contributed by atoms with van der Waals surface area (Å²) in [5.74, 6) is -0.457. The Balaban J connectivity index is 1.73. The van der Waals surface area contributed by atoms with Gasteiger partial charge in [0.25, 0.3) is 5.91 Å². The number of imide groups is 1. The van der Waals surface area contributed by atoms with E-state index in [1.165, 1.54) is 19.2 Å². The van der Waals surface area contributed by atoms with Gasteiger partial charge in [0.05, 0.1) is 24.1 Å². The highest BCUT2D eigenvalue weighted by atomic mass is 79.9. The van der Waals surface area contributed by atoms with Crippen LogP contribution in [0.5, 0.6) is 5.75 Å². The van der Waals surface area contributed by atoms with Crippen LogP contribution in [-0.2, 0) is 26.2 Å². The summed E-state index contributed by atoms with van der Waals surface area (Å²) in [5.41, 5.74) is 2.12. The Morgan fingerprint density at radius 2 is 1.59 bits per heavy atom. The van der Waals surface area contributed by atoms with Crippen LogP contribution in [0.1, 0.15) is 17.5 Å². The molecule has 7 nitrogen and oxygen atoms in total. The highest BCUT2D eigenvalue weighted by Gasteiger charge is 2.47. The Hall–Kier alpha value is -3.01. The summed E-state index contributed by atoms with van der Waals surface area (Å²) >= 11 is 3.31. The summed E-state index contributed by atoms with van der Waals surface area (Å²) < 4.78 is 34.4. The Morgan fingerprint density at radius 1 is 0.971 bits per heavy atom. The minimum atomic E-state index is -4.09. The third-order valence-corrected chi connectivity index (χ3v) is 8.08. The van der Waals surface area contributed by atoms with Crippen LogP contribution >= 0.6 is 15.9 Å². The van der Waals surface area contributed by atoms with Gasteiger partial charge < -0.3 is 4.74 Å². The van der Waals surface area contributed by atoms with Crippen molar-refractivity contribution in [1.29, 1.82) is 0 Å². The van der Waals surface area contributed by atoms with E-state index < -0.39 is 27.9 Å². The number of ether oxygens (including phenoxy) is 1. The summed E-state index contributed by atoms with van der Waals surface area (Å²) in [7, 11) is -2.57. The quantitative estimate of drug-likeness (QED) is 0.416. The van der Waals surface area contributed by atoms with E-state index in [2.05, 4.69) is 15.9 Å². The number of rotatable bonds is 7. The lowest BCUT2D eigenvalue weighted by atomic mass is 10.1. The Labute approximate surface area is 207 Å². The van der Waals surface area contributed by atoms with Gasteiger partial charge in [0, 0.05) is 11.0 Å². The van der Waals surface area contributed by atoms with Crippen molar-refractivity contribution in [2.45, 2.75) is 30.8 Å². The first-order chi connectivity index (χ1) is 16.2. The average molecular weight is 543 g/mol. The number of anilines is 1. The average Bonchev–Trinajstić information content (AvgIpc) is 3.12. The van der Waals surface area contributed by atoms with Crippen LogP contribution in [0.15, 0.2) is 82.2 Å². The van der Waals surface area contributed by atoms with Gasteiger partial charge in [-0.3, -0.25) is 9.59 Å². The number of nitrogens with zero attached hydrogens (tertiary/aromatic N) is 2. The molecule has 4 rings (SSSR count). The zero-order chi connectivity index (χ0) is 24.5. The number of sulfonamides is 1. The molecule has 176 valence electrons. The van der Waals surface area contributed by atoms with Crippen molar-refractivity contribution in [3.8, 4) is 5.75 Å². The van der Waals surface area contributed by atoms with Crippen LogP contribution in [-0.4, -0.2) is 37.7 Å². The molecular formula is C25H23BrN2O5S. The first kappa shape index (κ1) is 24.1. The fraction of sp³-hybridized carbons (Fsp3) is 0.200. The van der Waals surface area contributed by atoms with E-state index in [-0.39, 0.29) is 17.9 Å². The number of carbonyl (C=O) groups excluding carboxylic acids is 2. The van der Waals surface area contributed by atoms with Gasteiger partial charge in [-0.1, -0.05) is 45.8 Å². The first-order valence-corrected chi connectivity index (χ1v) is 12.8. The molecule has 1 saturated heterocycles. The molecule has 0 aliphatic carbocycles. The van der Waals surface area contributed by atoms with E-state index >= 15 is 0 Å². The zero-order valence-corrected chi connectivity index (χ0v) is 21.0. The monoisotopic (exact) mass is 542 g/mol. The predicted molar refractivity (Wildman–Crippen MR) is 132 cm³/mol. The Morgan fingerprint density at radius 3 is 2.18 bits per heavy atom. The normalized spacial score (nSPS) is 16.4. The highest BCUT2D eigenvalue weighted by molar-refractivity contribution is 9.10. The molecule has 1 heterocycles. The molecule has 0 aromatic heterocycles. The lowest BCUT2D eigenvalue weighted by molar-refractivity contribution is -0.122. The molecule has 1 aliphatic rings. The molecule has 0 bridgehead atoms. The second-order valence-electron chi connectivity index (χ2n) is 7.98. The molecule has 0 spiro atoms. The number of aryl methyl sites for hydroxylation is 1. The van der Waals surface area contributed by atoms with Gasteiger partial charge >= 0.3 is 0 Å². The van der Waals surface area contributed by atoms with Gasteiger partial charge in [-0.05, 0) is 61.0 Å². The maximum atomic E-state index is 13.7. The SMILES string of the molecule is COc1ccc(N2C(=O)CC(N(Cc3ccc(C)cc3)S(=O)(=O)c3ccc(Br)cc3)C2=O)cc1. The number of benzene rings is 3. The molecule has 1 aliphatic heterocycles. The Bertz CT molecular complexity index is 1310. The maximum absolute atomic E-state index is 13.7. The molecule has 1 unspecified atom stereocenters. The molecule has 0 saturated carbocycles. The van der Waals surface area contributed by atoms with Crippen molar-refractivity contribution < 1.29 is 22.7 Å². The van der Waals surface area contributed by atoms with E-state index in [1.54, 1.807) is 36.4 Å². The second-order valence-corrected chi connectivity index (χ2v) is 10.8.